The van der Waals surface area contributed by atoms with Crippen LogP contribution in [0.3, 0.4) is 0 Å². The number of aromatic nitrogens is 1. The fourth-order valence-electron chi connectivity index (χ4n) is 2.91. The first-order valence-corrected chi connectivity index (χ1v) is 10.6. The van der Waals surface area contributed by atoms with E-state index in [0.717, 1.165) is 32.9 Å². The zero-order chi connectivity index (χ0) is 22.1. The number of thiazole rings is 1. The largest absolute Gasteiger partial charge is 0.465 e. The summed E-state index contributed by atoms with van der Waals surface area (Å²) in [5, 5.41) is 18.7. The van der Waals surface area contributed by atoms with Crippen molar-refractivity contribution < 1.29 is 4.74 Å². The van der Waals surface area contributed by atoms with E-state index in [1.54, 1.807) is 0 Å². The summed E-state index contributed by atoms with van der Waals surface area (Å²) in [6, 6.07) is 13.8. The number of rotatable bonds is 1. The molecule has 1 aliphatic heterocycles. The Bertz CT molecular complexity index is 1190. The molecule has 0 unspecified atom stereocenters. The summed E-state index contributed by atoms with van der Waals surface area (Å²) in [4.78, 5) is 4.69. The number of hydrogen-bond donors (Lipinski definition) is 0. The van der Waals surface area contributed by atoms with Crippen molar-refractivity contribution in [2.45, 2.75) is 41.5 Å². The van der Waals surface area contributed by atoms with Crippen LogP contribution in [0.5, 0.6) is 0 Å². The second-order valence-electron chi connectivity index (χ2n) is 9.24. The maximum Gasteiger partial charge on any atom is 0.165 e. The van der Waals surface area contributed by atoms with E-state index >= 15 is 0 Å². The first-order chi connectivity index (χ1) is 14.0. The average Bonchev–Trinajstić information content (AvgIpc) is 3.13. The van der Waals surface area contributed by atoms with Crippen molar-refractivity contribution in [1.82, 2.24) is 4.98 Å². The van der Waals surface area contributed by atoms with E-state index < -0.39 is 0 Å². The van der Waals surface area contributed by atoms with E-state index in [9.17, 15) is 10.5 Å². The summed E-state index contributed by atoms with van der Waals surface area (Å²) in [5.74, 6) is 1.76. The molecular weight excluding hydrogens is 390 g/mol. The van der Waals surface area contributed by atoms with Gasteiger partial charge in [-0.2, -0.15) is 10.5 Å². The first kappa shape index (κ1) is 21.6. The van der Waals surface area contributed by atoms with Crippen molar-refractivity contribution in [3.63, 3.8) is 0 Å². The number of hydrogen-bond acceptors (Lipinski definition) is 5. The van der Waals surface area contributed by atoms with Crippen molar-refractivity contribution >= 4 is 22.5 Å². The van der Waals surface area contributed by atoms with E-state index in [4.69, 9.17) is 4.74 Å². The summed E-state index contributed by atoms with van der Waals surface area (Å²) in [6.07, 6.45) is 4.11. The van der Waals surface area contributed by atoms with Gasteiger partial charge >= 0.3 is 0 Å². The fraction of sp³-hybridized carbons (Fsp3) is 0.320. The number of nitrogens with zero attached hydrogens (tertiary/aromatic N) is 3. The number of benzene rings is 1. The number of ether oxygens (including phenoxy) is 1. The Morgan fingerprint density at radius 2 is 1.43 bits per heavy atom. The van der Waals surface area contributed by atoms with Crippen LogP contribution in [0.2, 0.25) is 0 Å². The van der Waals surface area contributed by atoms with Gasteiger partial charge in [-0.1, -0.05) is 71.9 Å². The maximum absolute atomic E-state index is 9.36. The predicted octanol–water partition coefficient (Wildman–Crippen LogP) is 5.05. The second kappa shape index (κ2) is 7.94. The van der Waals surface area contributed by atoms with Gasteiger partial charge in [0, 0.05) is 22.0 Å². The van der Waals surface area contributed by atoms with Crippen LogP contribution in [0.15, 0.2) is 54.0 Å². The van der Waals surface area contributed by atoms with Crippen LogP contribution in [0.4, 0.5) is 0 Å². The Labute approximate surface area is 181 Å². The molecule has 0 N–H and O–H groups in total. The minimum absolute atomic E-state index is 0.0242. The topological polar surface area (TPSA) is 69.7 Å². The third-order valence-corrected chi connectivity index (χ3v) is 5.77. The molecule has 1 aromatic heterocycles. The van der Waals surface area contributed by atoms with Crippen molar-refractivity contribution in [2.24, 2.45) is 10.8 Å². The Balaban J connectivity index is 2.46. The quantitative estimate of drug-likeness (QED) is 0.654. The van der Waals surface area contributed by atoms with Crippen LogP contribution in [0.25, 0.3) is 22.4 Å². The molecule has 30 heavy (non-hydrogen) atoms. The minimum Gasteiger partial charge on any atom is -0.465 e. The molecule has 0 amide bonds. The lowest BCUT2D eigenvalue weighted by molar-refractivity contribution is 0.162. The monoisotopic (exact) mass is 415 g/mol. The standard InChI is InChI=1S/C25H25N3OS/c1-24(2,3)19-12-17(13-20(29-19)25(4,5)6)22-21(16-10-8-7-9-11-16)28-23(30-22)18(14-26)15-27/h7-13H,1-6H3. The van der Waals surface area contributed by atoms with Gasteiger partial charge < -0.3 is 4.74 Å². The molecule has 4 nitrogen and oxygen atoms in total. The second-order valence-corrected chi connectivity index (χ2v) is 10.2. The summed E-state index contributed by atoms with van der Waals surface area (Å²) in [5.41, 5.74) is 2.37. The van der Waals surface area contributed by atoms with Crippen LogP contribution < -0.4 is 9.20 Å². The molecule has 0 aliphatic carbocycles. The molecular formula is C25H25N3OS. The van der Waals surface area contributed by atoms with Crippen LogP contribution >= 0.6 is 11.3 Å². The molecule has 1 aliphatic rings. The van der Waals surface area contributed by atoms with Gasteiger partial charge in [-0.3, -0.25) is 0 Å². The normalized spacial score (nSPS) is 14.2. The van der Waals surface area contributed by atoms with E-state index in [1.165, 1.54) is 11.3 Å². The molecule has 0 fully saturated rings. The highest BCUT2D eigenvalue weighted by molar-refractivity contribution is 7.08. The van der Waals surface area contributed by atoms with Gasteiger partial charge in [-0.25, -0.2) is 4.98 Å². The summed E-state index contributed by atoms with van der Waals surface area (Å²) in [6.45, 7) is 12.7. The number of allylic oxidation sites excluding steroid dienone is 4. The molecule has 3 rings (SSSR count). The van der Waals surface area contributed by atoms with Gasteiger partial charge in [0.05, 0.1) is 10.2 Å². The van der Waals surface area contributed by atoms with Crippen molar-refractivity contribution in [1.29, 1.82) is 10.5 Å². The van der Waals surface area contributed by atoms with Crippen LogP contribution in [0, 0.1) is 33.5 Å². The van der Waals surface area contributed by atoms with Crippen molar-refractivity contribution in [3.05, 3.63) is 63.2 Å². The molecule has 0 atom stereocenters. The minimum atomic E-state index is -0.174. The molecule has 5 heteroatoms. The summed E-state index contributed by atoms with van der Waals surface area (Å²) < 4.78 is 7.64. The fourth-order valence-corrected chi connectivity index (χ4v) is 3.93. The first-order valence-electron chi connectivity index (χ1n) is 9.78. The van der Waals surface area contributed by atoms with E-state index in [1.807, 2.05) is 42.5 Å². The van der Waals surface area contributed by atoms with Gasteiger partial charge in [0.2, 0.25) is 0 Å². The molecule has 2 heterocycles. The molecule has 0 saturated heterocycles. The van der Waals surface area contributed by atoms with Gasteiger partial charge in [-0.15, -0.1) is 11.3 Å². The Morgan fingerprint density at radius 1 is 0.900 bits per heavy atom. The van der Waals surface area contributed by atoms with Crippen LogP contribution in [-0.4, -0.2) is 4.98 Å². The Morgan fingerprint density at radius 3 is 1.90 bits per heavy atom. The highest BCUT2D eigenvalue weighted by Crippen LogP contribution is 2.39. The lowest BCUT2D eigenvalue weighted by atomic mass is 9.87. The van der Waals surface area contributed by atoms with E-state index in [0.29, 0.717) is 4.66 Å². The zero-order valence-corrected chi connectivity index (χ0v) is 19.0. The third kappa shape index (κ3) is 4.37. The number of nitriles is 2. The smallest absolute Gasteiger partial charge is 0.165 e. The summed E-state index contributed by atoms with van der Waals surface area (Å²) in [7, 11) is 0. The van der Waals surface area contributed by atoms with Crippen LogP contribution in [0.1, 0.15) is 41.5 Å². The van der Waals surface area contributed by atoms with Gasteiger partial charge in [0.25, 0.3) is 0 Å². The van der Waals surface area contributed by atoms with Crippen molar-refractivity contribution in [3.8, 4) is 23.4 Å². The Kier molecular flexibility index (Phi) is 5.70. The lowest BCUT2D eigenvalue weighted by Crippen LogP contribution is -2.22. The third-order valence-electron chi connectivity index (χ3n) is 4.65. The highest BCUT2D eigenvalue weighted by Gasteiger charge is 2.29. The van der Waals surface area contributed by atoms with Gasteiger partial charge in [-0.05, 0) is 12.2 Å². The zero-order valence-electron chi connectivity index (χ0n) is 18.2. The van der Waals surface area contributed by atoms with E-state index in [-0.39, 0.29) is 16.4 Å². The van der Waals surface area contributed by atoms with E-state index in [2.05, 4.69) is 58.7 Å². The molecule has 0 spiro atoms. The van der Waals surface area contributed by atoms with Gasteiger partial charge in [0.1, 0.15) is 28.3 Å². The van der Waals surface area contributed by atoms with Crippen LogP contribution in [-0.2, 0) is 4.74 Å². The SMILES string of the molecule is CC(C)(C)C1=CC(=c2sc(=C(C#N)C#N)nc2-c2ccccc2)C=C(C(C)(C)C)O1. The molecule has 1 aromatic carbocycles. The van der Waals surface area contributed by atoms with Gasteiger partial charge in [0.15, 0.2) is 5.57 Å². The predicted molar refractivity (Wildman–Crippen MR) is 121 cm³/mol. The average molecular weight is 416 g/mol. The molecule has 0 saturated carbocycles. The molecule has 152 valence electrons. The molecule has 0 bridgehead atoms. The Hall–Kier alpha value is -3.15. The molecule has 2 aromatic rings. The maximum atomic E-state index is 9.36. The summed E-state index contributed by atoms with van der Waals surface area (Å²) >= 11 is 1.37. The van der Waals surface area contributed by atoms with Crippen molar-refractivity contribution in [2.75, 3.05) is 0 Å². The highest BCUT2D eigenvalue weighted by atomic mass is 32.1. The molecule has 0 radical (unpaired) electrons. The lowest BCUT2D eigenvalue weighted by Gasteiger charge is -2.32.